The summed E-state index contributed by atoms with van der Waals surface area (Å²) in [6.45, 7) is 3.22. The van der Waals surface area contributed by atoms with Gasteiger partial charge in [-0.3, -0.25) is 4.79 Å². The molecule has 2 rings (SSSR count). The van der Waals surface area contributed by atoms with E-state index in [4.69, 9.17) is 11.6 Å². The van der Waals surface area contributed by atoms with Crippen LogP contribution < -0.4 is 0 Å². The molecule has 0 heterocycles. The molecule has 0 aromatic heterocycles. The Morgan fingerprint density at radius 1 is 1.05 bits per heavy atom. The molecule has 2 nitrogen and oxygen atoms in total. The van der Waals surface area contributed by atoms with Crippen LogP contribution in [0.15, 0.2) is 54.6 Å². The largest absolute Gasteiger partial charge is 0.335 e. The molecular weight excluding hydrogens is 258 g/mol. The average molecular weight is 274 g/mol. The lowest BCUT2D eigenvalue weighted by Crippen LogP contribution is -2.30. The van der Waals surface area contributed by atoms with Crippen molar-refractivity contribution in [3.05, 3.63) is 70.7 Å². The maximum absolute atomic E-state index is 12.4. The molecular formula is C16H16ClNO. The lowest BCUT2D eigenvalue weighted by atomic mass is 10.1. The number of hydrogen-bond acceptors (Lipinski definition) is 1. The first-order valence-electron chi connectivity index (χ1n) is 6.30. The van der Waals surface area contributed by atoms with Gasteiger partial charge in [0.2, 0.25) is 0 Å². The van der Waals surface area contributed by atoms with Crippen LogP contribution in [-0.4, -0.2) is 17.4 Å². The molecule has 0 saturated heterocycles. The lowest BCUT2D eigenvalue weighted by molar-refractivity contribution is 0.0753. The molecule has 2 aromatic carbocycles. The lowest BCUT2D eigenvalue weighted by Gasteiger charge is -2.21. The Balaban J connectivity index is 2.18. The molecule has 0 aliphatic heterocycles. The quantitative estimate of drug-likeness (QED) is 0.824. The highest BCUT2D eigenvalue weighted by atomic mass is 35.5. The molecule has 0 aliphatic carbocycles. The fraction of sp³-hybridized carbons (Fsp3) is 0.188. The van der Waals surface area contributed by atoms with Gasteiger partial charge in [0.05, 0.1) is 10.6 Å². The van der Waals surface area contributed by atoms with E-state index in [1.807, 2.05) is 49.4 Å². The highest BCUT2D eigenvalue weighted by Crippen LogP contribution is 2.18. The van der Waals surface area contributed by atoms with Crippen LogP contribution in [-0.2, 0) is 6.54 Å². The number of carbonyl (C=O) groups excluding carboxylic acids is 1. The molecule has 98 valence electrons. The van der Waals surface area contributed by atoms with Gasteiger partial charge in [-0.1, -0.05) is 54.1 Å². The average Bonchev–Trinajstić information content (AvgIpc) is 2.46. The number of rotatable bonds is 4. The highest BCUT2D eigenvalue weighted by Gasteiger charge is 2.16. The van der Waals surface area contributed by atoms with Crippen molar-refractivity contribution in [1.82, 2.24) is 4.90 Å². The smallest absolute Gasteiger partial charge is 0.255 e. The Labute approximate surface area is 118 Å². The van der Waals surface area contributed by atoms with Gasteiger partial charge in [-0.05, 0) is 24.6 Å². The molecule has 2 aromatic rings. The van der Waals surface area contributed by atoms with E-state index >= 15 is 0 Å². The van der Waals surface area contributed by atoms with Crippen LogP contribution in [0.25, 0.3) is 0 Å². The van der Waals surface area contributed by atoms with Crippen LogP contribution in [0.4, 0.5) is 0 Å². The van der Waals surface area contributed by atoms with Crippen LogP contribution in [0.1, 0.15) is 22.8 Å². The van der Waals surface area contributed by atoms with Crippen molar-refractivity contribution in [2.45, 2.75) is 13.5 Å². The van der Waals surface area contributed by atoms with Gasteiger partial charge in [0.1, 0.15) is 0 Å². The second-order valence-electron chi connectivity index (χ2n) is 4.28. The minimum Gasteiger partial charge on any atom is -0.335 e. The van der Waals surface area contributed by atoms with E-state index in [1.54, 1.807) is 17.0 Å². The summed E-state index contributed by atoms with van der Waals surface area (Å²) in [5.41, 5.74) is 1.67. The van der Waals surface area contributed by atoms with E-state index in [0.29, 0.717) is 23.7 Å². The van der Waals surface area contributed by atoms with Gasteiger partial charge in [-0.2, -0.15) is 0 Å². The summed E-state index contributed by atoms with van der Waals surface area (Å²) in [6.07, 6.45) is 0. The molecule has 0 N–H and O–H groups in total. The van der Waals surface area contributed by atoms with Crippen LogP contribution in [0.2, 0.25) is 5.02 Å². The molecule has 0 fully saturated rings. The fourth-order valence-electron chi connectivity index (χ4n) is 1.94. The normalized spacial score (nSPS) is 10.2. The molecule has 0 saturated carbocycles. The van der Waals surface area contributed by atoms with Crippen molar-refractivity contribution >= 4 is 17.5 Å². The standard InChI is InChI=1S/C16H16ClNO/c1-2-18(12-13-8-4-3-5-9-13)16(19)14-10-6-7-11-15(14)17/h3-11H,2,12H2,1H3. The van der Waals surface area contributed by atoms with Crippen molar-refractivity contribution in [1.29, 1.82) is 0 Å². The molecule has 1 amide bonds. The van der Waals surface area contributed by atoms with E-state index in [-0.39, 0.29) is 5.91 Å². The second-order valence-corrected chi connectivity index (χ2v) is 4.69. The van der Waals surface area contributed by atoms with Gasteiger partial charge >= 0.3 is 0 Å². The van der Waals surface area contributed by atoms with Crippen LogP contribution in [0.5, 0.6) is 0 Å². The van der Waals surface area contributed by atoms with E-state index in [0.717, 1.165) is 5.56 Å². The van der Waals surface area contributed by atoms with E-state index in [1.165, 1.54) is 0 Å². The zero-order valence-corrected chi connectivity index (χ0v) is 11.6. The van der Waals surface area contributed by atoms with Crippen molar-refractivity contribution in [2.24, 2.45) is 0 Å². The Hall–Kier alpha value is -1.80. The SMILES string of the molecule is CCN(Cc1ccccc1)C(=O)c1ccccc1Cl. The fourth-order valence-corrected chi connectivity index (χ4v) is 2.15. The van der Waals surface area contributed by atoms with Crippen molar-refractivity contribution < 1.29 is 4.79 Å². The third-order valence-electron chi connectivity index (χ3n) is 2.99. The number of nitrogens with zero attached hydrogens (tertiary/aromatic N) is 1. The Bertz CT molecular complexity index is 554. The summed E-state index contributed by atoms with van der Waals surface area (Å²) in [4.78, 5) is 14.2. The third-order valence-corrected chi connectivity index (χ3v) is 3.32. The molecule has 0 unspecified atom stereocenters. The number of benzene rings is 2. The second kappa shape index (κ2) is 6.39. The van der Waals surface area contributed by atoms with Crippen molar-refractivity contribution in [3.8, 4) is 0 Å². The van der Waals surface area contributed by atoms with Gasteiger partial charge in [0.15, 0.2) is 0 Å². The molecule has 0 aliphatic rings. The minimum atomic E-state index is -0.0306. The summed E-state index contributed by atoms with van der Waals surface area (Å²) >= 11 is 6.08. The van der Waals surface area contributed by atoms with Crippen LogP contribution in [0, 0.1) is 0 Å². The van der Waals surface area contributed by atoms with Gasteiger partial charge in [0.25, 0.3) is 5.91 Å². The Morgan fingerprint density at radius 2 is 1.68 bits per heavy atom. The number of hydrogen-bond donors (Lipinski definition) is 0. The molecule has 3 heteroatoms. The zero-order valence-electron chi connectivity index (χ0n) is 10.8. The van der Waals surface area contributed by atoms with Crippen molar-refractivity contribution in [3.63, 3.8) is 0 Å². The van der Waals surface area contributed by atoms with E-state index in [2.05, 4.69) is 0 Å². The summed E-state index contributed by atoms with van der Waals surface area (Å²) in [7, 11) is 0. The topological polar surface area (TPSA) is 20.3 Å². The first kappa shape index (κ1) is 13.6. The first-order valence-corrected chi connectivity index (χ1v) is 6.68. The highest BCUT2D eigenvalue weighted by molar-refractivity contribution is 6.33. The Kier molecular flexibility index (Phi) is 4.58. The van der Waals surface area contributed by atoms with Crippen molar-refractivity contribution in [2.75, 3.05) is 6.54 Å². The number of amides is 1. The number of carbonyl (C=O) groups is 1. The van der Waals surface area contributed by atoms with E-state index in [9.17, 15) is 4.79 Å². The molecule has 0 bridgehead atoms. The predicted octanol–water partition coefficient (Wildman–Crippen LogP) is 4.00. The zero-order chi connectivity index (χ0) is 13.7. The molecule has 19 heavy (non-hydrogen) atoms. The summed E-state index contributed by atoms with van der Waals surface area (Å²) < 4.78 is 0. The maximum atomic E-state index is 12.4. The summed E-state index contributed by atoms with van der Waals surface area (Å²) in [6, 6.07) is 17.1. The molecule has 0 spiro atoms. The molecule has 0 radical (unpaired) electrons. The molecule has 0 atom stereocenters. The van der Waals surface area contributed by atoms with Gasteiger partial charge < -0.3 is 4.90 Å². The van der Waals surface area contributed by atoms with Crippen LogP contribution >= 0.6 is 11.6 Å². The number of halogens is 1. The van der Waals surface area contributed by atoms with Crippen LogP contribution in [0.3, 0.4) is 0 Å². The van der Waals surface area contributed by atoms with Gasteiger partial charge in [0, 0.05) is 13.1 Å². The van der Waals surface area contributed by atoms with E-state index < -0.39 is 0 Å². The van der Waals surface area contributed by atoms with Gasteiger partial charge in [-0.25, -0.2) is 0 Å². The Morgan fingerprint density at radius 3 is 2.32 bits per heavy atom. The maximum Gasteiger partial charge on any atom is 0.255 e. The monoisotopic (exact) mass is 273 g/mol. The first-order chi connectivity index (χ1) is 9.22. The van der Waals surface area contributed by atoms with Gasteiger partial charge in [-0.15, -0.1) is 0 Å². The predicted molar refractivity (Wildman–Crippen MR) is 78.3 cm³/mol. The summed E-state index contributed by atoms with van der Waals surface area (Å²) in [5, 5.41) is 0.499. The minimum absolute atomic E-state index is 0.0306. The third kappa shape index (κ3) is 3.36. The summed E-state index contributed by atoms with van der Waals surface area (Å²) in [5.74, 6) is -0.0306.